The number of carbonyl (C=O) groups excluding carboxylic acids is 2. The maximum absolute atomic E-state index is 12.5. The number of amides is 1. The Morgan fingerprint density at radius 1 is 1.11 bits per heavy atom. The van der Waals surface area contributed by atoms with Gasteiger partial charge in [-0.15, -0.1) is 0 Å². The van der Waals surface area contributed by atoms with Gasteiger partial charge >= 0.3 is 0 Å². The molecule has 2 aromatic carbocycles. The van der Waals surface area contributed by atoms with Gasteiger partial charge in [0.15, 0.2) is 10.9 Å². The molecule has 0 fully saturated rings. The van der Waals surface area contributed by atoms with Crippen molar-refractivity contribution in [3.63, 3.8) is 0 Å². The number of imidazole rings is 1. The van der Waals surface area contributed by atoms with Crippen LogP contribution in [0.1, 0.15) is 28.4 Å². The van der Waals surface area contributed by atoms with Gasteiger partial charge in [0.05, 0.1) is 11.4 Å². The third-order valence-corrected chi connectivity index (χ3v) is 5.27. The number of nitrogens with zero attached hydrogens (tertiary/aromatic N) is 2. The largest absolute Gasteiger partial charge is 0.326 e. The fourth-order valence-corrected chi connectivity index (χ4v) is 3.59. The highest BCUT2D eigenvalue weighted by atomic mass is 32.2. The zero-order chi connectivity index (χ0) is 19.4. The summed E-state index contributed by atoms with van der Waals surface area (Å²) in [5.74, 6) is 0.175. The molecular formula is C21H21N3O2S. The summed E-state index contributed by atoms with van der Waals surface area (Å²) in [6.45, 7) is 5.62. The molecule has 1 heterocycles. The molecule has 1 amide bonds. The summed E-state index contributed by atoms with van der Waals surface area (Å²) in [5.41, 5.74) is 4.77. The molecule has 0 radical (unpaired) electrons. The van der Waals surface area contributed by atoms with E-state index in [0.717, 1.165) is 10.8 Å². The highest BCUT2D eigenvalue weighted by molar-refractivity contribution is 7.99. The van der Waals surface area contributed by atoms with E-state index in [1.807, 2.05) is 16.8 Å². The van der Waals surface area contributed by atoms with Crippen molar-refractivity contribution in [3.8, 4) is 5.69 Å². The summed E-state index contributed by atoms with van der Waals surface area (Å²) in [4.78, 5) is 28.0. The zero-order valence-electron chi connectivity index (χ0n) is 15.5. The molecule has 5 nitrogen and oxygen atoms in total. The molecule has 138 valence electrons. The van der Waals surface area contributed by atoms with Crippen LogP contribution in [-0.2, 0) is 4.79 Å². The van der Waals surface area contributed by atoms with Gasteiger partial charge in [0.25, 0.3) is 0 Å². The van der Waals surface area contributed by atoms with Crippen LogP contribution < -0.4 is 5.32 Å². The molecule has 0 aliphatic carbocycles. The lowest BCUT2D eigenvalue weighted by atomic mass is 10.1. The number of thioether (sulfide) groups is 1. The number of anilines is 1. The van der Waals surface area contributed by atoms with Crippen LogP contribution in [0.4, 0.5) is 5.69 Å². The van der Waals surface area contributed by atoms with Gasteiger partial charge in [-0.05, 0) is 55.3 Å². The molecule has 0 unspecified atom stereocenters. The molecule has 1 N–H and O–H groups in total. The lowest BCUT2D eigenvalue weighted by molar-refractivity contribution is -0.114. The molecule has 3 aromatic rings. The highest BCUT2D eigenvalue weighted by Gasteiger charge is 2.12. The van der Waals surface area contributed by atoms with E-state index < -0.39 is 0 Å². The Kier molecular flexibility index (Phi) is 5.76. The monoisotopic (exact) mass is 379 g/mol. The highest BCUT2D eigenvalue weighted by Crippen LogP contribution is 2.25. The van der Waals surface area contributed by atoms with Gasteiger partial charge in [-0.1, -0.05) is 23.9 Å². The minimum atomic E-state index is -0.136. The molecule has 0 aliphatic heterocycles. The van der Waals surface area contributed by atoms with Crippen LogP contribution in [0.2, 0.25) is 0 Å². The Hall–Kier alpha value is -2.86. The van der Waals surface area contributed by atoms with Crippen molar-refractivity contribution in [2.24, 2.45) is 0 Å². The van der Waals surface area contributed by atoms with E-state index in [1.54, 1.807) is 30.5 Å². The van der Waals surface area contributed by atoms with Crippen molar-refractivity contribution in [1.29, 1.82) is 0 Å². The van der Waals surface area contributed by atoms with E-state index in [1.165, 1.54) is 29.8 Å². The summed E-state index contributed by atoms with van der Waals surface area (Å²) >= 11 is 1.41. The second kappa shape index (κ2) is 8.22. The second-order valence-corrected chi connectivity index (χ2v) is 7.21. The van der Waals surface area contributed by atoms with Crippen LogP contribution in [0, 0.1) is 13.8 Å². The van der Waals surface area contributed by atoms with Gasteiger partial charge in [0.1, 0.15) is 0 Å². The summed E-state index contributed by atoms with van der Waals surface area (Å²) in [5, 5.41) is 3.48. The summed E-state index contributed by atoms with van der Waals surface area (Å²) < 4.78 is 2.01. The number of hydrogen-bond donors (Lipinski definition) is 1. The first-order valence-corrected chi connectivity index (χ1v) is 9.58. The van der Waals surface area contributed by atoms with E-state index in [-0.39, 0.29) is 11.7 Å². The average Bonchev–Trinajstić information content (AvgIpc) is 3.10. The van der Waals surface area contributed by atoms with E-state index in [4.69, 9.17) is 0 Å². The maximum atomic E-state index is 12.5. The van der Waals surface area contributed by atoms with Crippen molar-refractivity contribution in [2.45, 2.75) is 25.9 Å². The smallest absolute Gasteiger partial charge is 0.221 e. The Morgan fingerprint density at radius 3 is 2.56 bits per heavy atom. The third-order valence-electron chi connectivity index (χ3n) is 4.30. The second-order valence-electron chi connectivity index (χ2n) is 6.27. The zero-order valence-corrected chi connectivity index (χ0v) is 16.3. The molecular weight excluding hydrogens is 358 g/mol. The number of rotatable bonds is 6. The fraction of sp³-hybridized carbons (Fsp3) is 0.190. The Morgan fingerprint density at radius 2 is 1.85 bits per heavy atom. The van der Waals surface area contributed by atoms with Crippen molar-refractivity contribution in [1.82, 2.24) is 9.55 Å². The number of nitrogens with one attached hydrogen (secondary N) is 1. The van der Waals surface area contributed by atoms with Crippen LogP contribution in [-0.4, -0.2) is 27.0 Å². The Labute approximate surface area is 162 Å². The van der Waals surface area contributed by atoms with Crippen molar-refractivity contribution in [3.05, 3.63) is 71.5 Å². The lowest BCUT2D eigenvalue weighted by Crippen LogP contribution is -2.07. The molecule has 1 aromatic heterocycles. The minimum Gasteiger partial charge on any atom is -0.326 e. The number of Topliss-reactive ketones (excluding diaryl/α,β-unsaturated/α-hetero) is 1. The normalized spacial score (nSPS) is 10.6. The van der Waals surface area contributed by atoms with Crippen molar-refractivity contribution >= 4 is 29.1 Å². The van der Waals surface area contributed by atoms with E-state index >= 15 is 0 Å². The first-order valence-electron chi connectivity index (χ1n) is 8.59. The number of ketones is 1. The molecule has 0 atom stereocenters. The quantitative estimate of drug-likeness (QED) is 0.509. The van der Waals surface area contributed by atoms with Gasteiger partial charge < -0.3 is 5.32 Å². The summed E-state index contributed by atoms with van der Waals surface area (Å²) in [6, 6.07) is 13.1. The summed E-state index contributed by atoms with van der Waals surface area (Å²) in [7, 11) is 0. The number of aryl methyl sites for hydroxylation is 1. The number of hydrogen-bond acceptors (Lipinski definition) is 4. The first kappa shape index (κ1) is 18.9. The third kappa shape index (κ3) is 4.46. The molecule has 0 spiro atoms. The maximum Gasteiger partial charge on any atom is 0.221 e. The molecule has 0 aliphatic rings. The molecule has 27 heavy (non-hydrogen) atoms. The Balaban J connectivity index is 1.71. The molecule has 3 rings (SSSR count). The predicted octanol–water partition coefficient (Wildman–Crippen LogP) is 4.42. The van der Waals surface area contributed by atoms with Crippen LogP contribution >= 0.6 is 11.8 Å². The van der Waals surface area contributed by atoms with Crippen molar-refractivity contribution < 1.29 is 9.59 Å². The van der Waals surface area contributed by atoms with E-state index in [9.17, 15) is 9.59 Å². The average molecular weight is 379 g/mol. The molecule has 6 heteroatoms. The number of carbonyl (C=O) groups is 2. The van der Waals surface area contributed by atoms with Crippen LogP contribution in [0.25, 0.3) is 5.69 Å². The van der Waals surface area contributed by atoms with E-state index in [0.29, 0.717) is 17.0 Å². The topological polar surface area (TPSA) is 64.0 Å². The SMILES string of the molecule is CC(=O)Nc1ccc(C(=O)CSc2nccn2-c2cccc(C)c2C)cc1. The molecule has 0 bridgehead atoms. The van der Waals surface area contributed by atoms with Gasteiger partial charge in [-0.2, -0.15) is 0 Å². The molecule has 0 saturated carbocycles. The molecule has 0 saturated heterocycles. The van der Waals surface area contributed by atoms with Gasteiger partial charge in [0, 0.05) is 30.6 Å². The summed E-state index contributed by atoms with van der Waals surface area (Å²) in [6.07, 6.45) is 3.66. The van der Waals surface area contributed by atoms with Crippen molar-refractivity contribution in [2.75, 3.05) is 11.1 Å². The van der Waals surface area contributed by atoms with Crippen LogP contribution in [0.5, 0.6) is 0 Å². The van der Waals surface area contributed by atoms with Gasteiger partial charge in [-0.25, -0.2) is 4.98 Å². The number of benzene rings is 2. The van der Waals surface area contributed by atoms with Crippen LogP contribution in [0.3, 0.4) is 0 Å². The fourth-order valence-electron chi connectivity index (χ4n) is 2.73. The minimum absolute atomic E-state index is 0.0184. The van der Waals surface area contributed by atoms with Crippen LogP contribution in [0.15, 0.2) is 60.0 Å². The first-order chi connectivity index (χ1) is 13.0. The van der Waals surface area contributed by atoms with Gasteiger partial charge in [0.2, 0.25) is 5.91 Å². The standard InChI is InChI=1S/C21H21N3O2S/c1-14-5-4-6-19(15(14)2)24-12-11-22-21(24)27-13-20(26)17-7-9-18(10-8-17)23-16(3)25/h4-12H,13H2,1-3H3,(H,23,25). The predicted molar refractivity (Wildman–Crippen MR) is 109 cm³/mol. The Bertz CT molecular complexity index is 977. The lowest BCUT2D eigenvalue weighted by Gasteiger charge is -2.12. The van der Waals surface area contributed by atoms with E-state index in [2.05, 4.69) is 36.3 Å². The van der Waals surface area contributed by atoms with Gasteiger partial charge in [-0.3, -0.25) is 14.2 Å². The number of aromatic nitrogens is 2.